The maximum absolute atomic E-state index is 13.5. The van der Waals surface area contributed by atoms with Gasteiger partial charge in [0.1, 0.15) is 11.6 Å². The first kappa shape index (κ1) is 15.0. The number of hydrogen-bond acceptors (Lipinski definition) is 2. The van der Waals surface area contributed by atoms with Crippen LogP contribution in [0.15, 0.2) is 34.8 Å². The van der Waals surface area contributed by atoms with Gasteiger partial charge in [-0.2, -0.15) is 0 Å². The molecule has 2 nitrogen and oxygen atoms in total. The number of ketones is 1. The van der Waals surface area contributed by atoms with Crippen LogP contribution in [0.4, 0.5) is 4.39 Å². The molecule has 2 aromatic rings. The van der Waals surface area contributed by atoms with Crippen LogP contribution in [0.3, 0.4) is 0 Å². The van der Waals surface area contributed by atoms with Crippen molar-refractivity contribution in [1.82, 2.24) is 0 Å². The zero-order valence-electron chi connectivity index (χ0n) is 10.8. The van der Waals surface area contributed by atoms with Gasteiger partial charge >= 0.3 is 0 Å². The summed E-state index contributed by atoms with van der Waals surface area (Å²) < 4.78 is 18.8. The van der Waals surface area contributed by atoms with Gasteiger partial charge in [-0.1, -0.05) is 23.7 Å². The predicted molar refractivity (Wildman–Crippen MR) is 80.3 cm³/mol. The lowest BCUT2D eigenvalue weighted by Crippen LogP contribution is -2.07. The summed E-state index contributed by atoms with van der Waals surface area (Å²) in [6.07, 6.45) is 0. The number of ether oxygens (including phenoxy) is 1. The summed E-state index contributed by atoms with van der Waals surface area (Å²) in [6, 6.07) is 7.69. The van der Waals surface area contributed by atoms with Gasteiger partial charge in [0, 0.05) is 16.7 Å². The molecule has 0 saturated carbocycles. The summed E-state index contributed by atoms with van der Waals surface area (Å²) in [7, 11) is 1.39. The molecule has 0 saturated heterocycles. The summed E-state index contributed by atoms with van der Waals surface area (Å²) in [5.74, 6) is -0.557. The molecule has 0 aromatic heterocycles. The number of methoxy groups -OCH3 is 1. The monoisotopic (exact) mass is 356 g/mol. The quantitative estimate of drug-likeness (QED) is 0.738. The van der Waals surface area contributed by atoms with Crippen molar-refractivity contribution in [3.63, 3.8) is 0 Å². The molecule has 2 aromatic carbocycles. The lowest BCUT2D eigenvalue weighted by Gasteiger charge is -2.11. The third kappa shape index (κ3) is 2.72. The second-order valence-corrected chi connectivity index (χ2v) is 5.47. The Balaban J connectivity index is 2.59. The molecule has 0 atom stereocenters. The van der Waals surface area contributed by atoms with Gasteiger partial charge in [0.2, 0.25) is 0 Å². The van der Waals surface area contributed by atoms with Crippen molar-refractivity contribution in [3.05, 3.63) is 62.3 Å². The van der Waals surface area contributed by atoms with E-state index < -0.39 is 5.82 Å². The molecule has 0 spiro atoms. The number of rotatable bonds is 3. The van der Waals surface area contributed by atoms with Crippen molar-refractivity contribution < 1.29 is 13.9 Å². The molecule has 0 aliphatic carbocycles. The standard InChI is InChI=1S/C15H11BrClFO2/c1-8-9(4-3-5-12(8)17)15(19)10-6-11(16)13(18)7-14(10)20-2/h3-7H,1-2H3. The van der Waals surface area contributed by atoms with Crippen LogP contribution in [0, 0.1) is 12.7 Å². The molecule has 0 radical (unpaired) electrons. The van der Waals surface area contributed by atoms with Gasteiger partial charge in [-0.25, -0.2) is 4.39 Å². The Morgan fingerprint density at radius 3 is 2.65 bits per heavy atom. The van der Waals surface area contributed by atoms with Crippen molar-refractivity contribution in [2.75, 3.05) is 7.11 Å². The molecule has 0 amide bonds. The fourth-order valence-electron chi connectivity index (χ4n) is 1.87. The minimum Gasteiger partial charge on any atom is -0.496 e. The number of hydrogen-bond donors (Lipinski definition) is 0. The fraction of sp³-hybridized carbons (Fsp3) is 0.133. The van der Waals surface area contributed by atoms with Crippen molar-refractivity contribution in [3.8, 4) is 5.75 Å². The highest BCUT2D eigenvalue weighted by Gasteiger charge is 2.19. The minimum atomic E-state index is -0.485. The maximum atomic E-state index is 13.5. The first-order valence-corrected chi connectivity index (χ1v) is 6.95. The van der Waals surface area contributed by atoms with Gasteiger partial charge in [-0.05, 0) is 40.5 Å². The molecule has 0 fully saturated rings. The van der Waals surface area contributed by atoms with E-state index in [0.717, 1.165) is 0 Å². The van der Waals surface area contributed by atoms with Gasteiger partial charge < -0.3 is 4.74 Å². The largest absolute Gasteiger partial charge is 0.496 e. The molecule has 0 heterocycles. The molecule has 0 N–H and O–H groups in total. The van der Waals surface area contributed by atoms with Crippen molar-refractivity contribution in [2.45, 2.75) is 6.92 Å². The van der Waals surface area contributed by atoms with E-state index in [2.05, 4.69) is 15.9 Å². The first-order chi connectivity index (χ1) is 9.45. The van der Waals surface area contributed by atoms with Crippen LogP contribution < -0.4 is 4.74 Å². The Hall–Kier alpha value is -1.39. The summed E-state index contributed by atoms with van der Waals surface area (Å²) in [4.78, 5) is 12.6. The Morgan fingerprint density at radius 2 is 2.00 bits per heavy atom. The van der Waals surface area contributed by atoms with Crippen LogP contribution in [0.1, 0.15) is 21.5 Å². The average molecular weight is 358 g/mol. The van der Waals surface area contributed by atoms with Gasteiger partial charge in [0.05, 0.1) is 17.1 Å². The van der Waals surface area contributed by atoms with Crippen LogP contribution in [0.5, 0.6) is 5.75 Å². The number of halogens is 3. The Morgan fingerprint density at radius 1 is 1.30 bits per heavy atom. The zero-order chi connectivity index (χ0) is 14.9. The summed E-state index contributed by atoms with van der Waals surface area (Å²) in [5, 5.41) is 0.510. The zero-order valence-corrected chi connectivity index (χ0v) is 13.2. The van der Waals surface area contributed by atoms with Crippen LogP contribution in [-0.4, -0.2) is 12.9 Å². The highest BCUT2D eigenvalue weighted by molar-refractivity contribution is 9.10. The number of carbonyl (C=O) groups is 1. The van der Waals surface area contributed by atoms with E-state index in [1.807, 2.05) is 0 Å². The lowest BCUT2D eigenvalue weighted by atomic mass is 9.98. The maximum Gasteiger partial charge on any atom is 0.197 e. The molecule has 5 heteroatoms. The van der Waals surface area contributed by atoms with Crippen molar-refractivity contribution >= 4 is 33.3 Å². The average Bonchev–Trinajstić information content (AvgIpc) is 2.43. The van der Waals surface area contributed by atoms with E-state index in [4.69, 9.17) is 16.3 Å². The van der Waals surface area contributed by atoms with E-state index >= 15 is 0 Å². The molecule has 0 aliphatic rings. The highest BCUT2D eigenvalue weighted by atomic mass is 79.9. The second kappa shape index (κ2) is 5.94. The SMILES string of the molecule is COc1cc(F)c(Br)cc1C(=O)c1cccc(Cl)c1C. The molecule has 20 heavy (non-hydrogen) atoms. The van der Waals surface area contributed by atoms with Crippen LogP contribution in [0.2, 0.25) is 5.02 Å². The molecular weight excluding hydrogens is 347 g/mol. The van der Waals surface area contributed by atoms with Crippen molar-refractivity contribution in [1.29, 1.82) is 0 Å². The molecule has 0 unspecified atom stereocenters. The Labute approximate surface area is 129 Å². The van der Waals surface area contributed by atoms with Crippen LogP contribution in [-0.2, 0) is 0 Å². The minimum absolute atomic E-state index is 0.190. The topological polar surface area (TPSA) is 26.3 Å². The Bertz CT molecular complexity index is 686. The van der Waals surface area contributed by atoms with Crippen LogP contribution >= 0.6 is 27.5 Å². The van der Waals surface area contributed by atoms with Gasteiger partial charge in [-0.15, -0.1) is 0 Å². The van der Waals surface area contributed by atoms with Crippen LogP contribution in [0.25, 0.3) is 0 Å². The molecule has 2 rings (SSSR count). The third-order valence-electron chi connectivity index (χ3n) is 3.00. The Kier molecular flexibility index (Phi) is 4.45. The van der Waals surface area contributed by atoms with E-state index in [-0.39, 0.29) is 21.6 Å². The molecule has 0 aliphatic heterocycles. The van der Waals surface area contributed by atoms with E-state index in [1.165, 1.54) is 19.2 Å². The molecular formula is C15H11BrClFO2. The first-order valence-electron chi connectivity index (χ1n) is 5.78. The van der Waals surface area contributed by atoms with Gasteiger partial charge in [0.25, 0.3) is 0 Å². The lowest BCUT2D eigenvalue weighted by molar-refractivity contribution is 0.103. The number of benzene rings is 2. The molecule has 0 bridgehead atoms. The van der Waals surface area contributed by atoms with E-state index in [9.17, 15) is 9.18 Å². The fourth-order valence-corrected chi connectivity index (χ4v) is 2.39. The van der Waals surface area contributed by atoms with Crippen molar-refractivity contribution in [2.24, 2.45) is 0 Å². The third-order valence-corrected chi connectivity index (χ3v) is 4.02. The normalized spacial score (nSPS) is 10.4. The summed E-state index contributed by atoms with van der Waals surface area (Å²) in [6.45, 7) is 1.76. The summed E-state index contributed by atoms with van der Waals surface area (Å²) in [5.41, 5.74) is 1.43. The molecule has 104 valence electrons. The van der Waals surface area contributed by atoms with Gasteiger partial charge in [-0.3, -0.25) is 4.79 Å². The smallest absolute Gasteiger partial charge is 0.197 e. The summed E-state index contributed by atoms with van der Waals surface area (Å²) >= 11 is 9.10. The van der Waals surface area contributed by atoms with E-state index in [0.29, 0.717) is 16.1 Å². The second-order valence-electron chi connectivity index (χ2n) is 4.21. The predicted octanol–water partition coefficient (Wildman–Crippen LogP) is 4.79. The highest BCUT2D eigenvalue weighted by Crippen LogP contribution is 2.30. The van der Waals surface area contributed by atoms with E-state index in [1.54, 1.807) is 25.1 Å². The number of carbonyl (C=O) groups excluding carboxylic acids is 1. The van der Waals surface area contributed by atoms with Gasteiger partial charge in [0.15, 0.2) is 5.78 Å².